The van der Waals surface area contributed by atoms with Gasteiger partial charge in [-0.15, -0.1) is 0 Å². The van der Waals surface area contributed by atoms with Gasteiger partial charge in [0.1, 0.15) is 0 Å². The molecule has 0 bridgehead atoms. The van der Waals surface area contributed by atoms with Crippen molar-refractivity contribution in [2.75, 3.05) is 42.8 Å². The predicted molar refractivity (Wildman–Crippen MR) is 127 cm³/mol. The van der Waals surface area contributed by atoms with Crippen molar-refractivity contribution < 1.29 is 14.4 Å². The first-order valence-corrected chi connectivity index (χ1v) is 10.8. The van der Waals surface area contributed by atoms with Gasteiger partial charge in [-0.05, 0) is 30.0 Å². The Bertz CT molecular complexity index is 1020. The summed E-state index contributed by atoms with van der Waals surface area (Å²) in [5.74, 6) is 0.825. The SMILES string of the molecule is CONC(=O)c1ccc(C)c(Nc2nc(N[C@@H]3CNC(=O)C3)nc(N(C)CC(C)(C)C)n2)c1. The molecule has 1 fully saturated rings. The molecule has 2 amide bonds. The van der Waals surface area contributed by atoms with Crippen LogP contribution in [0.3, 0.4) is 0 Å². The third-order valence-electron chi connectivity index (χ3n) is 4.93. The molecule has 2 heterocycles. The Morgan fingerprint density at radius 2 is 1.97 bits per heavy atom. The molecule has 1 aliphatic rings. The Morgan fingerprint density at radius 1 is 1.24 bits per heavy atom. The Balaban J connectivity index is 1.92. The number of carbonyl (C=O) groups is 2. The molecule has 3 rings (SSSR count). The molecule has 1 aromatic heterocycles. The van der Waals surface area contributed by atoms with E-state index in [4.69, 9.17) is 4.84 Å². The Kier molecular flexibility index (Phi) is 7.32. The van der Waals surface area contributed by atoms with E-state index in [0.29, 0.717) is 42.1 Å². The van der Waals surface area contributed by atoms with Crippen LogP contribution in [0.2, 0.25) is 0 Å². The summed E-state index contributed by atoms with van der Waals surface area (Å²) in [6.07, 6.45) is 0.359. The average Bonchev–Trinajstić information content (AvgIpc) is 3.13. The summed E-state index contributed by atoms with van der Waals surface area (Å²) >= 11 is 0. The molecule has 2 aromatic rings. The minimum Gasteiger partial charge on any atom is -0.354 e. The summed E-state index contributed by atoms with van der Waals surface area (Å²) in [6.45, 7) is 9.57. The Hall–Kier alpha value is -3.47. The van der Waals surface area contributed by atoms with Crippen LogP contribution >= 0.6 is 0 Å². The molecular formula is C22H32N8O3. The minimum atomic E-state index is -0.359. The molecule has 0 unspecified atom stereocenters. The molecule has 11 nitrogen and oxygen atoms in total. The highest BCUT2D eigenvalue weighted by atomic mass is 16.6. The van der Waals surface area contributed by atoms with E-state index in [1.54, 1.807) is 12.1 Å². The number of aryl methyl sites for hydroxylation is 1. The van der Waals surface area contributed by atoms with E-state index >= 15 is 0 Å². The average molecular weight is 457 g/mol. The molecule has 0 spiro atoms. The normalized spacial score (nSPS) is 15.7. The van der Waals surface area contributed by atoms with Crippen molar-refractivity contribution in [2.45, 2.75) is 40.2 Å². The third-order valence-corrected chi connectivity index (χ3v) is 4.93. The quantitative estimate of drug-likeness (QED) is 0.440. The van der Waals surface area contributed by atoms with Gasteiger partial charge >= 0.3 is 0 Å². The zero-order valence-corrected chi connectivity index (χ0v) is 19.9. The van der Waals surface area contributed by atoms with Gasteiger partial charge in [0, 0.05) is 37.8 Å². The second kappa shape index (κ2) is 9.99. The van der Waals surface area contributed by atoms with Crippen molar-refractivity contribution in [1.82, 2.24) is 25.7 Å². The van der Waals surface area contributed by atoms with Gasteiger partial charge in [-0.2, -0.15) is 15.0 Å². The summed E-state index contributed by atoms with van der Waals surface area (Å²) in [7, 11) is 3.31. The molecule has 33 heavy (non-hydrogen) atoms. The zero-order chi connectivity index (χ0) is 24.2. The highest BCUT2D eigenvalue weighted by molar-refractivity contribution is 5.94. The van der Waals surface area contributed by atoms with Crippen LogP contribution in [0, 0.1) is 12.3 Å². The maximum absolute atomic E-state index is 12.2. The highest BCUT2D eigenvalue weighted by Crippen LogP contribution is 2.24. The van der Waals surface area contributed by atoms with Crippen molar-refractivity contribution in [3.63, 3.8) is 0 Å². The summed E-state index contributed by atoms with van der Waals surface area (Å²) in [4.78, 5) is 44.1. The van der Waals surface area contributed by atoms with E-state index in [1.165, 1.54) is 7.11 Å². The number of nitrogens with zero attached hydrogens (tertiary/aromatic N) is 4. The number of amides is 2. The minimum absolute atomic E-state index is 0.00764. The van der Waals surface area contributed by atoms with Crippen molar-refractivity contribution >= 4 is 35.3 Å². The number of rotatable bonds is 8. The van der Waals surface area contributed by atoms with Gasteiger partial charge < -0.3 is 20.9 Å². The van der Waals surface area contributed by atoms with Gasteiger partial charge in [0.25, 0.3) is 5.91 Å². The van der Waals surface area contributed by atoms with E-state index in [1.807, 2.05) is 24.9 Å². The van der Waals surface area contributed by atoms with Crippen LogP contribution < -0.4 is 26.3 Å². The van der Waals surface area contributed by atoms with Crippen LogP contribution in [0.4, 0.5) is 23.5 Å². The number of nitrogens with one attached hydrogen (secondary N) is 4. The standard InChI is InChI=1S/C22H32N8O3/c1-13-7-8-14(18(32)29-33-6)9-16(13)25-20-26-19(24-15-10-17(31)23-11-15)27-21(28-20)30(5)12-22(2,3)4/h7-9,15H,10-12H2,1-6H3,(H,23,31)(H,29,32)(H2,24,25,26,27,28)/t15-/m0/s1. The fourth-order valence-electron chi connectivity index (χ4n) is 3.50. The number of hydrogen-bond acceptors (Lipinski definition) is 9. The predicted octanol–water partition coefficient (Wildman–Crippen LogP) is 2.00. The third kappa shape index (κ3) is 6.75. The maximum Gasteiger partial charge on any atom is 0.274 e. The van der Waals surface area contributed by atoms with E-state index < -0.39 is 0 Å². The van der Waals surface area contributed by atoms with E-state index in [-0.39, 0.29) is 23.3 Å². The van der Waals surface area contributed by atoms with Crippen LogP contribution in [0.5, 0.6) is 0 Å². The lowest BCUT2D eigenvalue weighted by Crippen LogP contribution is -2.31. The van der Waals surface area contributed by atoms with Gasteiger partial charge in [0.15, 0.2) is 0 Å². The first-order chi connectivity index (χ1) is 15.5. The molecule has 178 valence electrons. The molecular weight excluding hydrogens is 424 g/mol. The lowest BCUT2D eigenvalue weighted by Gasteiger charge is -2.27. The van der Waals surface area contributed by atoms with Gasteiger partial charge in [0.05, 0.1) is 13.2 Å². The van der Waals surface area contributed by atoms with Crippen molar-refractivity contribution in [3.8, 4) is 0 Å². The van der Waals surface area contributed by atoms with E-state index in [0.717, 1.165) is 12.1 Å². The Morgan fingerprint density at radius 3 is 2.61 bits per heavy atom. The fraction of sp³-hybridized carbons (Fsp3) is 0.500. The van der Waals surface area contributed by atoms with Gasteiger partial charge in [-0.3, -0.25) is 14.4 Å². The summed E-state index contributed by atoms with van der Waals surface area (Å²) in [5, 5.41) is 9.23. The molecule has 11 heteroatoms. The van der Waals surface area contributed by atoms with Crippen LogP contribution in [0.15, 0.2) is 18.2 Å². The summed E-state index contributed by atoms with van der Waals surface area (Å²) < 4.78 is 0. The first kappa shape index (κ1) is 24.2. The molecule has 0 aliphatic carbocycles. The van der Waals surface area contributed by atoms with Crippen LogP contribution in [0.25, 0.3) is 0 Å². The molecule has 1 saturated heterocycles. The van der Waals surface area contributed by atoms with E-state index in [2.05, 4.69) is 57.2 Å². The van der Waals surface area contributed by atoms with Gasteiger partial charge in [-0.1, -0.05) is 26.8 Å². The number of hydrogen-bond donors (Lipinski definition) is 4. The highest BCUT2D eigenvalue weighted by Gasteiger charge is 2.23. The molecule has 1 aromatic carbocycles. The molecule has 1 aliphatic heterocycles. The lowest BCUT2D eigenvalue weighted by atomic mass is 9.96. The summed E-state index contributed by atoms with van der Waals surface area (Å²) in [6, 6.07) is 5.15. The van der Waals surface area contributed by atoms with Gasteiger partial charge in [-0.25, -0.2) is 5.48 Å². The van der Waals surface area contributed by atoms with Crippen LogP contribution in [-0.4, -0.2) is 60.1 Å². The van der Waals surface area contributed by atoms with Crippen LogP contribution in [-0.2, 0) is 9.63 Å². The number of carbonyl (C=O) groups excluding carboxylic acids is 2. The monoisotopic (exact) mass is 456 g/mol. The van der Waals surface area contributed by atoms with E-state index in [9.17, 15) is 9.59 Å². The molecule has 0 saturated carbocycles. The topological polar surface area (TPSA) is 133 Å². The Labute approximate surface area is 193 Å². The van der Waals surface area contributed by atoms with Crippen molar-refractivity contribution in [3.05, 3.63) is 29.3 Å². The van der Waals surface area contributed by atoms with Crippen molar-refractivity contribution in [1.29, 1.82) is 0 Å². The first-order valence-electron chi connectivity index (χ1n) is 10.8. The largest absolute Gasteiger partial charge is 0.354 e. The second-order valence-electron chi connectivity index (χ2n) is 9.34. The number of hydroxylamine groups is 1. The zero-order valence-electron chi connectivity index (χ0n) is 19.9. The smallest absolute Gasteiger partial charge is 0.274 e. The lowest BCUT2D eigenvalue weighted by molar-refractivity contribution is -0.119. The molecule has 4 N–H and O–H groups in total. The molecule has 0 radical (unpaired) electrons. The summed E-state index contributed by atoms with van der Waals surface area (Å²) in [5.41, 5.74) is 4.36. The van der Waals surface area contributed by atoms with Crippen molar-refractivity contribution in [2.24, 2.45) is 5.41 Å². The number of aromatic nitrogens is 3. The van der Waals surface area contributed by atoms with Crippen LogP contribution in [0.1, 0.15) is 43.1 Å². The fourth-order valence-corrected chi connectivity index (χ4v) is 3.50. The second-order valence-corrected chi connectivity index (χ2v) is 9.34. The number of anilines is 4. The molecule has 1 atom stereocenters. The van der Waals surface area contributed by atoms with Gasteiger partial charge in [0.2, 0.25) is 23.8 Å². The number of benzene rings is 1. The maximum atomic E-state index is 12.2.